The maximum atomic E-state index is 12.8. The van der Waals surface area contributed by atoms with Gasteiger partial charge in [0.15, 0.2) is 0 Å². The second-order valence-electron chi connectivity index (χ2n) is 5.54. The lowest BCUT2D eigenvalue weighted by atomic mass is 9.95. The van der Waals surface area contributed by atoms with Crippen LogP contribution in [0.4, 0.5) is 18.0 Å². The number of alkyl halides is 3. The third-order valence-corrected chi connectivity index (χ3v) is 3.73. The molecular weight excluding hydrogens is 277 g/mol. The highest BCUT2D eigenvalue weighted by Crippen LogP contribution is 2.31. The molecule has 8 heteroatoms. The van der Waals surface area contributed by atoms with Crippen molar-refractivity contribution in [3.63, 3.8) is 0 Å². The fourth-order valence-corrected chi connectivity index (χ4v) is 2.10. The number of hydrogen-bond acceptors (Lipinski definition) is 2. The zero-order chi connectivity index (χ0) is 15.7. The van der Waals surface area contributed by atoms with Gasteiger partial charge in [0, 0.05) is 12.6 Å². The lowest BCUT2D eigenvalue weighted by Crippen LogP contribution is -2.65. The minimum atomic E-state index is -5.07. The van der Waals surface area contributed by atoms with Gasteiger partial charge in [-0.1, -0.05) is 6.92 Å². The molecule has 3 unspecified atom stereocenters. The Hall–Kier alpha value is -1.47. The quantitative estimate of drug-likeness (QED) is 0.821. The summed E-state index contributed by atoms with van der Waals surface area (Å²) in [6, 6.07) is -1.20. The molecule has 0 aromatic carbocycles. The van der Waals surface area contributed by atoms with Crippen molar-refractivity contribution in [2.24, 2.45) is 5.92 Å². The van der Waals surface area contributed by atoms with Gasteiger partial charge in [-0.25, -0.2) is 9.59 Å². The van der Waals surface area contributed by atoms with E-state index in [1.807, 2.05) is 6.92 Å². The number of piperidine rings is 1. The zero-order valence-electron chi connectivity index (χ0n) is 11.6. The summed E-state index contributed by atoms with van der Waals surface area (Å²) < 4.78 is 38.5. The normalized spacial score (nSPS) is 26.8. The van der Waals surface area contributed by atoms with Crippen molar-refractivity contribution in [1.82, 2.24) is 10.2 Å². The SMILES string of the molecule is CC1CCC(C)N(C(=O)NC(C)(C(=O)O)C(F)(F)F)C1. The van der Waals surface area contributed by atoms with Crippen molar-refractivity contribution < 1.29 is 27.9 Å². The molecule has 0 saturated carbocycles. The molecule has 1 rings (SSSR count). The number of carbonyl (C=O) groups is 2. The number of rotatable bonds is 2. The molecule has 0 aliphatic carbocycles. The van der Waals surface area contributed by atoms with E-state index < -0.39 is 23.7 Å². The molecule has 1 saturated heterocycles. The monoisotopic (exact) mass is 296 g/mol. The summed E-state index contributed by atoms with van der Waals surface area (Å²) >= 11 is 0. The topological polar surface area (TPSA) is 69.6 Å². The fourth-order valence-electron chi connectivity index (χ4n) is 2.10. The van der Waals surface area contributed by atoms with Crippen LogP contribution in [-0.2, 0) is 4.79 Å². The maximum absolute atomic E-state index is 12.8. The van der Waals surface area contributed by atoms with Crippen molar-refractivity contribution >= 4 is 12.0 Å². The Morgan fingerprint density at radius 2 is 1.80 bits per heavy atom. The lowest BCUT2D eigenvalue weighted by Gasteiger charge is -2.39. The van der Waals surface area contributed by atoms with Crippen molar-refractivity contribution in [3.8, 4) is 0 Å². The van der Waals surface area contributed by atoms with Crippen LogP contribution in [0.25, 0.3) is 0 Å². The Bertz CT molecular complexity index is 400. The first-order valence-electron chi connectivity index (χ1n) is 6.38. The maximum Gasteiger partial charge on any atom is 0.422 e. The minimum absolute atomic E-state index is 0.180. The largest absolute Gasteiger partial charge is 0.479 e. The van der Waals surface area contributed by atoms with Gasteiger partial charge in [-0.3, -0.25) is 0 Å². The number of aliphatic carboxylic acids is 1. The Kier molecular flexibility index (Phi) is 4.55. The number of carboxylic acids is 1. The van der Waals surface area contributed by atoms with Gasteiger partial charge in [-0.05, 0) is 32.6 Å². The van der Waals surface area contributed by atoms with E-state index >= 15 is 0 Å². The average Bonchev–Trinajstić information content (AvgIpc) is 2.30. The van der Waals surface area contributed by atoms with Crippen LogP contribution in [0.1, 0.15) is 33.6 Å². The Morgan fingerprint density at radius 1 is 1.25 bits per heavy atom. The van der Waals surface area contributed by atoms with Crippen LogP contribution in [0.2, 0.25) is 0 Å². The number of hydrogen-bond donors (Lipinski definition) is 2. The molecule has 3 atom stereocenters. The predicted octanol–water partition coefficient (Wildman–Crippen LogP) is 2.22. The van der Waals surface area contributed by atoms with Gasteiger partial charge < -0.3 is 15.3 Å². The van der Waals surface area contributed by atoms with E-state index in [4.69, 9.17) is 5.11 Å². The standard InChI is InChI=1S/C12H19F3N2O3/c1-7-4-5-8(2)17(6-7)10(20)16-11(3,9(18)19)12(13,14)15/h7-8H,4-6H2,1-3H3,(H,16,20)(H,18,19). The summed E-state index contributed by atoms with van der Waals surface area (Å²) in [5, 5.41) is 10.4. The second kappa shape index (κ2) is 5.49. The van der Waals surface area contributed by atoms with Gasteiger partial charge in [-0.15, -0.1) is 0 Å². The number of carbonyl (C=O) groups excluding carboxylic acids is 1. The van der Waals surface area contributed by atoms with Crippen molar-refractivity contribution in [2.75, 3.05) is 6.54 Å². The van der Waals surface area contributed by atoms with E-state index in [0.717, 1.165) is 6.42 Å². The Balaban J connectivity index is 2.89. The number of carboxylic acid groups (broad SMARTS) is 1. The summed E-state index contributed by atoms with van der Waals surface area (Å²) in [6.07, 6.45) is -3.50. The molecule has 0 aromatic rings. The summed E-state index contributed by atoms with van der Waals surface area (Å²) in [7, 11) is 0. The van der Waals surface area contributed by atoms with Gasteiger partial charge in [-0.2, -0.15) is 13.2 Å². The highest BCUT2D eigenvalue weighted by molar-refractivity contribution is 5.87. The van der Waals surface area contributed by atoms with Gasteiger partial charge in [0.2, 0.25) is 5.54 Å². The van der Waals surface area contributed by atoms with E-state index in [1.165, 1.54) is 4.90 Å². The van der Waals surface area contributed by atoms with Gasteiger partial charge in [0.1, 0.15) is 0 Å². The smallest absolute Gasteiger partial charge is 0.422 e. The van der Waals surface area contributed by atoms with Crippen molar-refractivity contribution in [2.45, 2.75) is 51.4 Å². The highest BCUT2D eigenvalue weighted by Gasteiger charge is 2.59. The Morgan fingerprint density at radius 3 is 2.25 bits per heavy atom. The molecule has 1 aliphatic heterocycles. The molecule has 116 valence electrons. The molecule has 0 aromatic heterocycles. The number of halogens is 3. The first-order valence-corrected chi connectivity index (χ1v) is 6.38. The van der Waals surface area contributed by atoms with E-state index in [0.29, 0.717) is 19.9 Å². The van der Waals surface area contributed by atoms with Crippen LogP contribution < -0.4 is 5.32 Å². The molecule has 0 radical (unpaired) electrons. The molecule has 1 aliphatic rings. The molecule has 5 nitrogen and oxygen atoms in total. The molecule has 0 bridgehead atoms. The lowest BCUT2D eigenvalue weighted by molar-refractivity contribution is -0.203. The van der Waals surface area contributed by atoms with Crippen LogP contribution in [0.5, 0.6) is 0 Å². The van der Waals surface area contributed by atoms with Gasteiger partial charge >= 0.3 is 18.2 Å². The van der Waals surface area contributed by atoms with Crippen LogP contribution >= 0.6 is 0 Å². The van der Waals surface area contributed by atoms with Crippen LogP contribution in [-0.4, -0.2) is 46.3 Å². The summed E-state index contributed by atoms with van der Waals surface area (Å²) in [5.74, 6) is -1.95. The molecule has 1 heterocycles. The summed E-state index contributed by atoms with van der Waals surface area (Å²) in [5.41, 5.74) is -3.29. The molecule has 2 amide bonds. The first-order chi connectivity index (χ1) is 8.99. The zero-order valence-corrected chi connectivity index (χ0v) is 11.6. The van der Waals surface area contributed by atoms with E-state index in [-0.39, 0.29) is 12.0 Å². The first kappa shape index (κ1) is 16.6. The molecule has 2 N–H and O–H groups in total. The summed E-state index contributed by atoms with van der Waals surface area (Å²) in [6.45, 7) is 4.40. The van der Waals surface area contributed by atoms with Crippen LogP contribution in [0.3, 0.4) is 0 Å². The van der Waals surface area contributed by atoms with Gasteiger partial charge in [0.25, 0.3) is 0 Å². The van der Waals surface area contributed by atoms with E-state index in [1.54, 1.807) is 12.2 Å². The van der Waals surface area contributed by atoms with Crippen LogP contribution in [0.15, 0.2) is 0 Å². The van der Waals surface area contributed by atoms with Crippen LogP contribution in [0, 0.1) is 5.92 Å². The number of likely N-dealkylation sites (tertiary alicyclic amines) is 1. The van der Waals surface area contributed by atoms with E-state index in [9.17, 15) is 22.8 Å². The third kappa shape index (κ3) is 3.16. The second-order valence-corrected chi connectivity index (χ2v) is 5.54. The average molecular weight is 296 g/mol. The highest BCUT2D eigenvalue weighted by atomic mass is 19.4. The molecule has 20 heavy (non-hydrogen) atoms. The predicted molar refractivity (Wildman–Crippen MR) is 65.2 cm³/mol. The van der Waals surface area contributed by atoms with Crippen molar-refractivity contribution in [3.05, 3.63) is 0 Å². The number of nitrogens with one attached hydrogen (secondary N) is 1. The van der Waals surface area contributed by atoms with E-state index in [2.05, 4.69) is 0 Å². The van der Waals surface area contributed by atoms with Crippen molar-refractivity contribution in [1.29, 1.82) is 0 Å². The fraction of sp³-hybridized carbons (Fsp3) is 0.833. The number of nitrogens with zero attached hydrogens (tertiary/aromatic N) is 1. The molecule has 1 fully saturated rings. The minimum Gasteiger partial charge on any atom is -0.479 e. The molecular formula is C12H19F3N2O3. The summed E-state index contributed by atoms with van der Waals surface area (Å²) in [4.78, 5) is 24.1. The Labute approximate surface area is 115 Å². The van der Waals surface area contributed by atoms with Gasteiger partial charge in [0.05, 0.1) is 0 Å². The number of amides is 2. The third-order valence-electron chi connectivity index (χ3n) is 3.73. The number of urea groups is 1. The molecule has 0 spiro atoms.